The maximum Gasteiger partial charge on any atom is 0.335 e. The van der Waals surface area contributed by atoms with E-state index in [-0.39, 0.29) is 5.56 Å². The molecule has 1 aromatic carbocycles. The van der Waals surface area contributed by atoms with Crippen LogP contribution in [-0.2, 0) is 4.74 Å². The molecule has 0 aliphatic heterocycles. The molecule has 4 heteroatoms. The first-order valence-corrected chi connectivity index (χ1v) is 4.89. The number of ether oxygens (including phenoxy) is 2. The quantitative estimate of drug-likeness (QED) is 0.566. The molecule has 0 heterocycles. The van der Waals surface area contributed by atoms with Crippen molar-refractivity contribution in [1.82, 2.24) is 0 Å². The smallest absolute Gasteiger partial charge is 0.335 e. The summed E-state index contributed by atoms with van der Waals surface area (Å²) in [6.07, 6.45) is 1.66. The highest BCUT2D eigenvalue weighted by atomic mass is 16.5. The highest BCUT2D eigenvalue weighted by Gasteiger charge is 2.03. The molecule has 16 heavy (non-hydrogen) atoms. The predicted molar refractivity (Wildman–Crippen MR) is 59.9 cm³/mol. The van der Waals surface area contributed by atoms with Crippen LogP contribution in [0.25, 0.3) is 0 Å². The highest BCUT2D eigenvalue weighted by Crippen LogP contribution is 2.12. The zero-order chi connectivity index (χ0) is 11.8. The van der Waals surface area contributed by atoms with Crippen LogP contribution in [0.3, 0.4) is 0 Å². The average Bonchev–Trinajstić information content (AvgIpc) is 2.29. The van der Waals surface area contributed by atoms with Gasteiger partial charge >= 0.3 is 5.97 Å². The van der Waals surface area contributed by atoms with Crippen molar-refractivity contribution < 1.29 is 19.4 Å². The lowest BCUT2D eigenvalue weighted by Gasteiger charge is -2.06. The molecule has 1 aromatic rings. The zero-order valence-corrected chi connectivity index (χ0v) is 8.89. The highest BCUT2D eigenvalue weighted by molar-refractivity contribution is 5.87. The Balaban J connectivity index is 2.39. The van der Waals surface area contributed by atoms with Crippen molar-refractivity contribution in [3.8, 4) is 5.75 Å². The zero-order valence-electron chi connectivity index (χ0n) is 8.89. The van der Waals surface area contributed by atoms with Crippen LogP contribution in [0.5, 0.6) is 5.75 Å². The van der Waals surface area contributed by atoms with Gasteiger partial charge in [-0.3, -0.25) is 0 Å². The van der Waals surface area contributed by atoms with E-state index in [1.165, 1.54) is 12.1 Å². The lowest BCUT2D eigenvalue weighted by atomic mass is 10.2. The molecule has 4 nitrogen and oxygen atoms in total. The summed E-state index contributed by atoms with van der Waals surface area (Å²) >= 11 is 0. The van der Waals surface area contributed by atoms with E-state index in [1.54, 1.807) is 18.2 Å². The van der Waals surface area contributed by atoms with Crippen LogP contribution in [0.1, 0.15) is 10.4 Å². The molecule has 0 aromatic heterocycles. The number of carboxylic acid groups (broad SMARTS) is 1. The Morgan fingerprint density at radius 1 is 1.44 bits per heavy atom. The number of carbonyl (C=O) groups is 1. The van der Waals surface area contributed by atoms with E-state index >= 15 is 0 Å². The molecule has 0 aliphatic rings. The van der Waals surface area contributed by atoms with Crippen molar-refractivity contribution in [3.63, 3.8) is 0 Å². The lowest BCUT2D eigenvalue weighted by Crippen LogP contribution is -2.07. The number of aromatic carboxylic acids is 1. The molecule has 0 unspecified atom stereocenters. The van der Waals surface area contributed by atoms with E-state index in [2.05, 4.69) is 6.58 Å². The Morgan fingerprint density at radius 2 is 2.25 bits per heavy atom. The second kappa shape index (κ2) is 6.63. The van der Waals surface area contributed by atoms with Gasteiger partial charge in [0.05, 0.1) is 18.8 Å². The van der Waals surface area contributed by atoms with E-state index < -0.39 is 5.97 Å². The van der Waals surface area contributed by atoms with Crippen LogP contribution in [0.15, 0.2) is 36.9 Å². The predicted octanol–water partition coefficient (Wildman–Crippen LogP) is 1.97. The van der Waals surface area contributed by atoms with Crippen LogP contribution in [0.2, 0.25) is 0 Å². The number of rotatable bonds is 7. The molecule has 0 saturated carbocycles. The standard InChI is InChI=1S/C12H14O4/c1-2-6-15-7-8-16-11-5-3-4-10(9-11)12(13)14/h2-5,9H,1,6-8H2,(H,13,14). The summed E-state index contributed by atoms with van der Waals surface area (Å²) in [5, 5.41) is 8.76. The number of hydrogen-bond acceptors (Lipinski definition) is 3. The maximum absolute atomic E-state index is 10.7. The van der Waals surface area contributed by atoms with Crippen molar-refractivity contribution >= 4 is 5.97 Å². The molecule has 1 rings (SSSR count). The molecule has 0 aliphatic carbocycles. The first kappa shape index (κ1) is 12.3. The van der Waals surface area contributed by atoms with Crippen LogP contribution >= 0.6 is 0 Å². The van der Waals surface area contributed by atoms with E-state index in [9.17, 15) is 4.79 Å². The van der Waals surface area contributed by atoms with Gasteiger partial charge in [0.1, 0.15) is 12.4 Å². The molecule has 86 valence electrons. The molecule has 0 spiro atoms. The van der Waals surface area contributed by atoms with Crippen LogP contribution < -0.4 is 4.74 Å². The van der Waals surface area contributed by atoms with Gasteiger partial charge in [0.15, 0.2) is 0 Å². The topological polar surface area (TPSA) is 55.8 Å². The van der Waals surface area contributed by atoms with Crippen LogP contribution in [0.4, 0.5) is 0 Å². The summed E-state index contributed by atoms with van der Waals surface area (Å²) in [6, 6.07) is 6.35. The van der Waals surface area contributed by atoms with Gasteiger partial charge in [-0.15, -0.1) is 6.58 Å². The fourth-order valence-electron chi connectivity index (χ4n) is 1.10. The van der Waals surface area contributed by atoms with E-state index in [0.717, 1.165) is 0 Å². The molecule has 0 radical (unpaired) electrons. The maximum atomic E-state index is 10.7. The number of hydrogen-bond donors (Lipinski definition) is 1. The van der Waals surface area contributed by atoms with Crippen molar-refractivity contribution in [3.05, 3.63) is 42.5 Å². The fourth-order valence-corrected chi connectivity index (χ4v) is 1.10. The third-order valence-corrected chi connectivity index (χ3v) is 1.81. The van der Waals surface area contributed by atoms with Crippen molar-refractivity contribution in [2.24, 2.45) is 0 Å². The summed E-state index contributed by atoms with van der Waals surface area (Å²) < 4.78 is 10.4. The van der Waals surface area contributed by atoms with Gasteiger partial charge in [-0.1, -0.05) is 12.1 Å². The third-order valence-electron chi connectivity index (χ3n) is 1.81. The van der Waals surface area contributed by atoms with Gasteiger partial charge in [0, 0.05) is 0 Å². The van der Waals surface area contributed by atoms with Crippen LogP contribution in [0, 0.1) is 0 Å². The summed E-state index contributed by atoms with van der Waals surface area (Å²) in [6.45, 7) is 4.83. The summed E-state index contributed by atoms with van der Waals surface area (Å²) in [7, 11) is 0. The van der Waals surface area contributed by atoms with Gasteiger partial charge in [-0.25, -0.2) is 4.79 Å². The third kappa shape index (κ3) is 4.14. The first-order valence-electron chi connectivity index (χ1n) is 4.89. The fraction of sp³-hybridized carbons (Fsp3) is 0.250. The van der Waals surface area contributed by atoms with Crippen molar-refractivity contribution in [2.75, 3.05) is 19.8 Å². The largest absolute Gasteiger partial charge is 0.491 e. The van der Waals surface area contributed by atoms with Crippen LogP contribution in [-0.4, -0.2) is 30.9 Å². The van der Waals surface area contributed by atoms with Gasteiger partial charge in [0.2, 0.25) is 0 Å². The number of benzene rings is 1. The van der Waals surface area contributed by atoms with E-state index in [4.69, 9.17) is 14.6 Å². The molecule has 0 atom stereocenters. The Hall–Kier alpha value is -1.81. The second-order valence-corrected chi connectivity index (χ2v) is 3.05. The summed E-state index contributed by atoms with van der Waals surface area (Å²) in [4.78, 5) is 10.7. The van der Waals surface area contributed by atoms with Crippen molar-refractivity contribution in [2.45, 2.75) is 0 Å². The Kier molecular flexibility index (Phi) is 5.08. The normalized spacial score (nSPS) is 9.75. The van der Waals surface area contributed by atoms with Crippen molar-refractivity contribution in [1.29, 1.82) is 0 Å². The molecule has 0 saturated heterocycles. The first-order chi connectivity index (χ1) is 7.74. The summed E-state index contributed by atoms with van der Waals surface area (Å²) in [5.41, 5.74) is 0.213. The minimum Gasteiger partial charge on any atom is -0.491 e. The summed E-state index contributed by atoms with van der Waals surface area (Å²) in [5.74, 6) is -0.435. The van der Waals surface area contributed by atoms with Gasteiger partial charge in [-0.05, 0) is 18.2 Å². The molecular formula is C12H14O4. The molecule has 0 amide bonds. The molecular weight excluding hydrogens is 208 g/mol. The Bertz CT molecular complexity index is 360. The SMILES string of the molecule is C=CCOCCOc1cccc(C(=O)O)c1. The lowest BCUT2D eigenvalue weighted by molar-refractivity contribution is 0.0696. The van der Waals surface area contributed by atoms with Gasteiger partial charge in [0.25, 0.3) is 0 Å². The Labute approximate surface area is 94.1 Å². The van der Waals surface area contributed by atoms with Gasteiger partial charge in [-0.2, -0.15) is 0 Å². The Morgan fingerprint density at radius 3 is 2.94 bits per heavy atom. The number of carboxylic acids is 1. The van der Waals surface area contributed by atoms with E-state index in [0.29, 0.717) is 25.6 Å². The second-order valence-electron chi connectivity index (χ2n) is 3.05. The minimum atomic E-state index is -0.964. The molecule has 0 bridgehead atoms. The van der Waals surface area contributed by atoms with E-state index in [1.807, 2.05) is 0 Å². The average molecular weight is 222 g/mol. The van der Waals surface area contributed by atoms with Gasteiger partial charge < -0.3 is 14.6 Å². The minimum absolute atomic E-state index is 0.213. The molecule has 1 N–H and O–H groups in total. The monoisotopic (exact) mass is 222 g/mol. The molecule has 0 fully saturated rings.